The number of ether oxygens (including phenoxy) is 1. The molecule has 1 fully saturated rings. The average Bonchev–Trinajstić information content (AvgIpc) is 3.00. The van der Waals surface area contributed by atoms with Crippen molar-refractivity contribution in [1.82, 2.24) is 14.7 Å². The van der Waals surface area contributed by atoms with Crippen LogP contribution >= 0.6 is 0 Å². The first-order chi connectivity index (χ1) is 11.1. The van der Waals surface area contributed by atoms with Gasteiger partial charge in [0, 0.05) is 32.8 Å². The maximum absolute atomic E-state index is 13.0. The Morgan fingerprint density at radius 1 is 1.48 bits per heavy atom. The molecule has 0 spiro atoms. The van der Waals surface area contributed by atoms with Crippen molar-refractivity contribution in [2.75, 3.05) is 13.7 Å². The van der Waals surface area contributed by atoms with Crippen LogP contribution in [0.1, 0.15) is 49.5 Å². The topological polar surface area (TPSA) is 90.4 Å². The van der Waals surface area contributed by atoms with E-state index in [4.69, 9.17) is 10.5 Å². The van der Waals surface area contributed by atoms with Crippen LogP contribution in [0.2, 0.25) is 0 Å². The second-order valence-corrected chi connectivity index (χ2v) is 5.93. The van der Waals surface area contributed by atoms with Crippen molar-refractivity contribution in [2.45, 2.75) is 57.7 Å². The number of aryl methyl sites for hydroxylation is 1. The van der Waals surface area contributed by atoms with Gasteiger partial charge in [-0.15, -0.1) is 0 Å². The smallest absolute Gasteiger partial charge is 0.272 e. The summed E-state index contributed by atoms with van der Waals surface area (Å²) in [4.78, 5) is 25.9. The lowest BCUT2D eigenvalue weighted by molar-refractivity contribution is -0.118. The van der Waals surface area contributed by atoms with Crippen molar-refractivity contribution in [3.05, 3.63) is 18.0 Å². The molecule has 1 aliphatic heterocycles. The maximum atomic E-state index is 13.0. The molecule has 1 aromatic rings. The van der Waals surface area contributed by atoms with E-state index >= 15 is 0 Å². The number of amides is 2. The summed E-state index contributed by atoms with van der Waals surface area (Å²) in [6.07, 6.45) is 5.06. The normalized spacial score (nSPS) is 21.4. The zero-order valence-electron chi connectivity index (χ0n) is 13.9. The molecule has 1 aromatic heterocycles. The van der Waals surface area contributed by atoms with Crippen LogP contribution in [0.3, 0.4) is 0 Å². The van der Waals surface area contributed by atoms with Gasteiger partial charge in [0.25, 0.3) is 5.91 Å². The van der Waals surface area contributed by atoms with Crippen LogP contribution in [0.4, 0.5) is 0 Å². The molecule has 23 heavy (non-hydrogen) atoms. The monoisotopic (exact) mass is 322 g/mol. The Hall–Kier alpha value is -1.89. The zero-order chi connectivity index (χ0) is 16.8. The Kier molecular flexibility index (Phi) is 6.15. The number of methoxy groups -OCH3 is 1. The molecule has 0 radical (unpaired) electrons. The Bertz CT molecular complexity index is 543. The van der Waals surface area contributed by atoms with Gasteiger partial charge in [-0.25, -0.2) is 0 Å². The molecule has 0 aromatic carbocycles. The number of carbonyl (C=O) groups is 2. The van der Waals surface area contributed by atoms with Gasteiger partial charge in [-0.1, -0.05) is 6.92 Å². The number of rotatable bonds is 7. The molecule has 2 heterocycles. The first kappa shape index (κ1) is 17.5. The molecule has 1 saturated heterocycles. The molecule has 0 bridgehead atoms. The highest BCUT2D eigenvalue weighted by atomic mass is 16.5. The van der Waals surface area contributed by atoms with Crippen molar-refractivity contribution in [1.29, 1.82) is 0 Å². The molecule has 0 aliphatic carbocycles. The number of hydrogen-bond donors (Lipinski definition) is 1. The minimum absolute atomic E-state index is 0.0489. The second kappa shape index (κ2) is 8.10. The highest BCUT2D eigenvalue weighted by Crippen LogP contribution is 2.25. The molecule has 0 saturated carbocycles. The highest BCUT2D eigenvalue weighted by Gasteiger charge is 2.35. The molecule has 128 valence electrons. The third-order valence-electron chi connectivity index (χ3n) is 4.34. The number of carbonyl (C=O) groups excluding carboxylic acids is 2. The summed E-state index contributed by atoms with van der Waals surface area (Å²) in [7, 11) is 1.65. The van der Waals surface area contributed by atoms with Gasteiger partial charge >= 0.3 is 0 Å². The number of nitrogens with two attached hydrogens (primary N) is 1. The van der Waals surface area contributed by atoms with E-state index in [9.17, 15) is 9.59 Å². The third-order valence-corrected chi connectivity index (χ3v) is 4.34. The number of primary amides is 1. The number of nitrogens with zero attached hydrogens (tertiary/aromatic N) is 3. The zero-order valence-corrected chi connectivity index (χ0v) is 13.9. The van der Waals surface area contributed by atoms with Crippen LogP contribution < -0.4 is 5.73 Å². The first-order valence-corrected chi connectivity index (χ1v) is 8.22. The predicted molar refractivity (Wildman–Crippen MR) is 85.8 cm³/mol. The molecule has 1 aliphatic rings. The molecule has 2 N–H and O–H groups in total. The summed E-state index contributed by atoms with van der Waals surface area (Å²) in [6.45, 7) is 3.43. The highest BCUT2D eigenvalue weighted by molar-refractivity contribution is 5.93. The molecule has 7 heteroatoms. The van der Waals surface area contributed by atoms with Crippen molar-refractivity contribution in [3.63, 3.8) is 0 Å². The fourth-order valence-electron chi connectivity index (χ4n) is 3.23. The Morgan fingerprint density at radius 3 is 2.91 bits per heavy atom. The van der Waals surface area contributed by atoms with E-state index in [0.717, 1.165) is 19.3 Å². The molecule has 0 unspecified atom stereocenters. The fourth-order valence-corrected chi connectivity index (χ4v) is 3.23. The van der Waals surface area contributed by atoms with Gasteiger partial charge in [0.1, 0.15) is 5.69 Å². The van der Waals surface area contributed by atoms with E-state index in [1.54, 1.807) is 24.1 Å². The first-order valence-electron chi connectivity index (χ1n) is 8.22. The summed E-state index contributed by atoms with van der Waals surface area (Å²) in [5.74, 6) is -0.402. The van der Waals surface area contributed by atoms with E-state index in [0.29, 0.717) is 25.2 Å². The minimum atomic E-state index is -0.353. The molecular formula is C16H26N4O3. The van der Waals surface area contributed by atoms with E-state index in [2.05, 4.69) is 5.10 Å². The van der Waals surface area contributed by atoms with Crippen molar-refractivity contribution in [3.8, 4) is 0 Å². The van der Waals surface area contributed by atoms with Crippen LogP contribution in [0.25, 0.3) is 0 Å². The third kappa shape index (κ3) is 4.10. The summed E-state index contributed by atoms with van der Waals surface area (Å²) >= 11 is 0. The standard InChI is InChI=1S/C16H26N4O3/c1-3-10-20-13(8-9-18-20)16(22)19-11-4-5-14(23-2)12(19)6-7-15(17)21/h8-9,12,14H,3-7,10-11H2,1-2H3,(H2,17,21)/t12-,14-/m0/s1. The van der Waals surface area contributed by atoms with E-state index in [1.807, 2.05) is 11.8 Å². The molecule has 2 rings (SSSR count). The maximum Gasteiger partial charge on any atom is 0.272 e. The SMILES string of the molecule is CCCn1nccc1C(=O)N1CCC[C@H](OC)[C@@H]1CCC(N)=O. The van der Waals surface area contributed by atoms with Crippen LogP contribution in [0.5, 0.6) is 0 Å². The molecular weight excluding hydrogens is 296 g/mol. The van der Waals surface area contributed by atoms with Gasteiger partial charge in [0.05, 0.1) is 12.1 Å². The minimum Gasteiger partial charge on any atom is -0.379 e. The van der Waals surface area contributed by atoms with Crippen LogP contribution in [0.15, 0.2) is 12.3 Å². The number of piperidine rings is 1. The number of hydrogen-bond acceptors (Lipinski definition) is 4. The van der Waals surface area contributed by atoms with E-state index < -0.39 is 0 Å². The van der Waals surface area contributed by atoms with Gasteiger partial charge in [-0.3, -0.25) is 14.3 Å². The summed E-state index contributed by atoms with van der Waals surface area (Å²) in [6, 6.07) is 1.62. The van der Waals surface area contributed by atoms with Crippen molar-refractivity contribution >= 4 is 11.8 Å². The number of aromatic nitrogens is 2. The second-order valence-electron chi connectivity index (χ2n) is 5.93. The van der Waals surface area contributed by atoms with E-state index in [-0.39, 0.29) is 30.4 Å². The van der Waals surface area contributed by atoms with Gasteiger partial charge in [-0.05, 0) is 31.7 Å². The Balaban J connectivity index is 2.20. The summed E-state index contributed by atoms with van der Waals surface area (Å²) in [5.41, 5.74) is 5.87. The van der Waals surface area contributed by atoms with Gasteiger partial charge in [-0.2, -0.15) is 5.10 Å². The molecule has 7 nitrogen and oxygen atoms in total. The Morgan fingerprint density at radius 2 is 2.26 bits per heavy atom. The summed E-state index contributed by atoms with van der Waals surface area (Å²) < 4.78 is 7.28. The van der Waals surface area contributed by atoms with E-state index in [1.165, 1.54) is 0 Å². The molecule has 2 atom stereocenters. The number of likely N-dealkylation sites (tertiary alicyclic amines) is 1. The lowest BCUT2D eigenvalue weighted by atomic mass is 9.94. The quantitative estimate of drug-likeness (QED) is 0.816. The fraction of sp³-hybridized carbons (Fsp3) is 0.688. The predicted octanol–water partition coefficient (Wildman–Crippen LogP) is 1.18. The van der Waals surface area contributed by atoms with Gasteiger partial charge in [0.2, 0.25) is 5.91 Å². The average molecular weight is 322 g/mol. The van der Waals surface area contributed by atoms with Gasteiger partial charge < -0.3 is 15.4 Å². The van der Waals surface area contributed by atoms with Crippen molar-refractivity contribution < 1.29 is 14.3 Å². The Labute approximate surface area is 136 Å². The van der Waals surface area contributed by atoms with Crippen LogP contribution in [-0.2, 0) is 16.1 Å². The summed E-state index contributed by atoms with van der Waals surface area (Å²) in [5, 5.41) is 4.22. The molecule has 2 amide bonds. The van der Waals surface area contributed by atoms with Crippen molar-refractivity contribution in [2.24, 2.45) is 5.73 Å². The van der Waals surface area contributed by atoms with Gasteiger partial charge in [0.15, 0.2) is 0 Å². The van der Waals surface area contributed by atoms with Crippen LogP contribution in [-0.4, -0.2) is 52.3 Å². The largest absolute Gasteiger partial charge is 0.379 e. The van der Waals surface area contributed by atoms with Crippen LogP contribution in [0, 0.1) is 0 Å². The lowest BCUT2D eigenvalue weighted by Gasteiger charge is -2.40. The lowest BCUT2D eigenvalue weighted by Crippen LogP contribution is -2.52.